The van der Waals surface area contributed by atoms with Gasteiger partial charge in [0.2, 0.25) is 0 Å². The summed E-state index contributed by atoms with van der Waals surface area (Å²) in [6.45, 7) is 0. The Kier molecular flexibility index (Phi) is 4.48. The van der Waals surface area contributed by atoms with E-state index >= 15 is 0 Å². The number of methoxy groups -OCH3 is 1. The third-order valence-electron chi connectivity index (χ3n) is 4.58. The zero-order valence-electron chi connectivity index (χ0n) is 15.4. The Morgan fingerprint density at radius 1 is 0.931 bits per heavy atom. The molecule has 144 valence electrons. The molecule has 0 aromatic heterocycles. The summed E-state index contributed by atoms with van der Waals surface area (Å²) in [5.41, 5.74) is 1.33. The molecule has 7 nitrogen and oxygen atoms in total. The molecule has 0 bridgehead atoms. The maximum atomic E-state index is 12.9. The Bertz CT molecular complexity index is 1160. The number of fused-ring (bicyclic) bond motifs is 1. The van der Waals surface area contributed by atoms with Gasteiger partial charge in [0.05, 0.1) is 23.9 Å². The van der Waals surface area contributed by atoms with E-state index in [1.807, 2.05) is 0 Å². The number of benzene rings is 3. The number of hydrogen-bond acceptors (Lipinski definition) is 5. The molecular formula is C22H16N2O5. The molecule has 3 amide bonds. The number of aromatic hydroxyl groups is 1. The molecule has 3 aromatic carbocycles. The number of amides is 3. The fourth-order valence-electron chi connectivity index (χ4n) is 3.20. The predicted molar refractivity (Wildman–Crippen MR) is 107 cm³/mol. The minimum Gasteiger partial charge on any atom is -0.508 e. The average Bonchev–Trinajstić information content (AvgIpc) is 2.97. The van der Waals surface area contributed by atoms with Gasteiger partial charge < -0.3 is 15.2 Å². The van der Waals surface area contributed by atoms with Crippen molar-refractivity contribution in [2.45, 2.75) is 0 Å². The third kappa shape index (κ3) is 3.19. The Hall–Kier alpha value is -4.13. The molecule has 0 radical (unpaired) electrons. The zero-order valence-corrected chi connectivity index (χ0v) is 15.4. The molecule has 0 spiro atoms. The highest BCUT2D eigenvalue weighted by molar-refractivity contribution is 6.35. The van der Waals surface area contributed by atoms with E-state index in [1.54, 1.807) is 36.4 Å². The van der Waals surface area contributed by atoms with Gasteiger partial charge in [0.1, 0.15) is 11.5 Å². The lowest BCUT2D eigenvalue weighted by atomic mass is 10.1. The molecule has 0 saturated carbocycles. The van der Waals surface area contributed by atoms with Gasteiger partial charge in [-0.15, -0.1) is 0 Å². The SMILES string of the molecule is COc1ccccc1N1C(=O)c2ccc(C(=O)Nc3cccc(O)c3)cc2C1=O. The van der Waals surface area contributed by atoms with Crippen molar-refractivity contribution in [2.75, 3.05) is 17.3 Å². The van der Waals surface area contributed by atoms with Crippen LogP contribution in [0, 0.1) is 0 Å². The van der Waals surface area contributed by atoms with Crippen LogP contribution in [0.5, 0.6) is 11.5 Å². The summed E-state index contributed by atoms with van der Waals surface area (Å²) in [6, 6.07) is 17.2. The van der Waals surface area contributed by atoms with Gasteiger partial charge in [-0.2, -0.15) is 0 Å². The molecule has 4 rings (SSSR count). The lowest BCUT2D eigenvalue weighted by molar-refractivity contribution is 0.0924. The van der Waals surface area contributed by atoms with Crippen LogP contribution in [0.1, 0.15) is 31.1 Å². The monoisotopic (exact) mass is 388 g/mol. The number of phenolic OH excluding ortho intramolecular Hbond substituents is 1. The van der Waals surface area contributed by atoms with Crippen LogP contribution in [0.15, 0.2) is 66.7 Å². The van der Waals surface area contributed by atoms with Crippen LogP contribution in [0.2, 0.25) is 0 Å². The normalized spacial score (nSPS) is 12.7. The fourth-order valence-corrected chi connectivity index (χ4v) is 3.20. The Balaban J connectivity index is 1.66. The van der Waals surface area contributed by atoms with Crippen molar-refractivity contribution in [2.24, 2.45) is 0 Å². The molecule has 0 atom stereocenters. The number of hydrogen-bond donors (Lipinski definition) is 2. The molecular weight excluding hydrogens is 372 g/mol. The average molecular weight is 388 g/mol. The predicted octanol–water partition coefficient (Wildman–Crippen LogP) is 3.45. The number of phenols is 1. The van der Waals surface area contributed by atoms with E-state index in [4.69, 9.17) is 4.74 Å². The van der Waals surface area contributed by atoms with E-state index in [0.717, 1.165) is 4.90 Å². The maximum Gasteiger partial charge on any atom is 0.266 e. The van der Waals surface area contributed by atoms with Crippen molar-refractivity contribution in [3.63, 3.8) is 0 Å². The first-order valence-corrected chi connectivity index (χ1v) is 8.76. The summed E-state index contributed by atoms with van der Waals surface area (Å²) in [6.07, 6.45) is 0. The van der Waals surface area contributed by atoms with Crippen molar-refractivity contribution in [1.82, 2.24) is 0 Å². The van der Waals surface area contributed by atoms with Crippen molar-refractivity contribution in [3.05, 3.63) is 83.4 Å². The quantitative estimate of drug-likeness (QED) is 0.668. The largest absolute Gasteiger partial charge is 0.508 e. The topological polar surface area (TPSA) is 95.9 Å². The van der Waals surface area contributed by atoms with Gasteiger partial charge in [0, 0.05) is 17.3 Å². The maximum absolute atomic E-state index is 12.9. The Morgan fingerprint density at radius 3 is 2.45 bits per heavy atom. The summed E-state index contributed by atoms with van der Waals surface area (Å²) in [5, 5.41) is 12.2. The Labute approximate surface area is 166 Å². The fraction of sp³-hybridized carbons (Fsp3) is 0.0455. The molecule has 1 aliphatic heterocycles. The lowest BCUT2D eigenvalue weighted by Crippen LogP contribution is -2.29. The molecule has 0 saturated heterocycles. The number of imide groups is 1. The first-order valence-electron chi connectivity index (χ1n) is 8.76. The molecule has 1 heterocycles. The van der Waals surface area contributed by atoms with Crippen LogP contribution in [-0.2, 0) is 0 Å². The van der Waals surface area contributed by atoms with E-state index < -0.39 is 17.7 Å². The number of anilines is 2. The van der Waals surface area contributed by atoms with E-state index in [9.17, 15) is 19.5 Å². The second kappa shape index (κ2) is 7.12. The van der Waals surface area contributed by atoms with Crippen molar-refractivity contribution >= 4 is 29.1 Å². The highest BCUT2D eigenvalue weighted by Gasteiger charge is 2.38. The molecule has 3 aromatic rings. The first-order chi connectivity index (χ1) is 14.0. The number of carbonyl (C=O) groups is 3. The molecule has 0 fully saturated rings. The summed E-state index contributed by atoms with van der Waals surface area (Å²) in [7, 11) is 1.46. The number of ether oxygens (including phenoxy) is 1. The van der Waals surface area contributed by atoms with Gasteiger partial charge >= 0.3 is 0 Å². The van der Waals surface area contributed by atoms with Crippen LogP contribution in [0.25, 0.3) is 0 Å². The lowest BCUT2D eigenvalue weighted by Gasteiger charge is -2.16. The number of nitrogens with zero attached hydrogens (tertiary/aromatic N) is 1. The van der Waals surface area contributed by atoms with E-state index in [1.165, 1.54) is 37.4 Å². The zero-order chi connectivity index (χ0) is 20.5. The minimum absolute atomic E-state index is 0.0185. The van der Waals surface area contributed by atoms with Crippen LogP contribution >= 0.6 is 0 Å². The number of para-hydroxylation sites is 2. The van der Waals surface area contributed by atoms with Gasteiger partial charge in [0.25, 0.3) is 17.7 Å². The highest BCUT2D eigenvalue weighted by atomic mass is 16.5. The number of carbonyl (C=O) groups excluding carboxylic acids is 3. The molecule has 7 heteroatoms. The minimum atomic E-state index is -0.526. The summed E-state index contributed by atoms with van der Waals surface area (Å²) >= 11 is 0. The molecule has 0 unspecified atom stereocenters. The molecule has 0 aliphatic carbocycles. The van der Waals surface area contributed by atoms with Crippen molar-refractivity contribution in [1.29, 1.82) is 0 Å². The van der Waals surface area contributed by atoms with Gasteiger partial charge in [0.15, 0.2) is 0 Å². The molecule has 2 N–H and O–H groups in total. The highest BCUT2D eigenvalue weighted by Crippen LogP contribution is 2.35. The first kappa shape index (κ1) is 18.2. The number of rotatable bonds is 4. The van der Waals surface area contributed by atoms with Crippen molar-refractivity contribution in [3.8, 4) is 11.5 Å². The van der Waals surface area contributed by atoms with Gasteiger partial charge in [-0.3, -0.25) is 14.4 Å². The summed E-state index contributed by atoms with van der Waals surface area (Å²) in [5.74, 6) is -1.06. The second-order valence-electron chi connectivity index (χ2n) is 6.38. The number of nitrogens with one attached hydrogen (secondary N) is 1. The van der Waals surface area contributed by atoms with Crippen LogP contribution in [0.4, 0.5) is 11.4 Å². The van der Waals surface area contributed by atoms with Gasteiger partial charge in [-0.25, -0.2) is 4.90 Å². The second-order valence-corrected chi connectivity index (χ2v) is 6.38. The van der Waals surface area contributed by atoms with Crippen LogP contribution in [-0.4, -0.2) is 29.9 Å². The third-order valence-corrected chi connectivity index (χ3v) is 4.58. The van der Waals surface area contributed by atoms with Gasteiger partial charge in [-0.1, -0.05) is 18.2 Å². The standard InChI is InChI=1S/C22H16N2O5/c1-29-19-8-3-2-7-18(19)24-21(27)16-10-9-13(11-17(16)22(24)28)20(26)23-14-5-4-6-15(25)12-14/h2-12,25H,1H3,(H,23,26). The summed E-state index contributed by atoms with van der Waals surface area (Å²) in [4.78, 5) is 39.3. The van der Waals surface area contributed by atoms with E-state index in [0.29, 0.717) is 17.1 Å². The van der Waals surface area contributed by atoms with E-state index in [2.05, 4.69) is 5.32 Å². The smallest absolute Gasteiger partial charge is 0.266 e. The van der Waals surface area contributed by atoms with Crippen molar-refractivity contribution < 1.29 is 24.2 Å². The Morgan fingerprint density at radius 2 is 1.69 bits per heavy atom. The summed E-state index contributed by atoms with van der Waals surface area (Å²) < 4.78 is 5.26. The van der Waals surface area contributed by atoms with Gasteiger partial charge in [-0.05, 0) is 42.5 Å². The molecule has 29 heavy (non-hydrogen) atoms. The van der Waals surface area contributed by atoms with Crippen LogP contribution < -0.4 is 15.0 Å². The molecule has 1 aliphatic rings. The van der Waals surface area contributed by atoms with E-state index in [-0.39, 0.29) is 22.4 Å². The van der Waals surface area contributed by atoms with Crippen LogP contribution in [0.3, 0.4) is 0 Å².